The first-order valence-corrected chi connectivity index (χ1v) is 7.88. The normalized spacial score (nSPS) is 11.0. The second-order valence-corrected chi connectivity index (χ2v) is 5.47. The van der Waals surface area contributed by atoms with E-state index in [9.17, 15) is 14.4 Å². The number of benzene rings is 2. The Labute approximate surface area is 152 Å². The van der Waals surface area contributed by atoms with Crippen LogP contribution in [-0.4, -0.2) is 35.5 Å². The van der Waals surface area contributed by atoms with Crippen LogP contribution in [0, 0.1) is 0 Å². The van der Waals surface area contributed by atoms with Crippen molar-refractivity contribution in [3.8, 4) is 11.5 Å². The van der Waals surface area contributed by atoms with Crippen LogP contribution in [0.2, 0.25) is 0 Å². The average molecular weight is 368 g/mol. The maximum Gasteiger partial charge on any atom is 0.349 e. The fourth-order valence-electron chi connectivity index (χ4n) is 2.47. The summed E-state index contributed by atoms with van der Waals surface area (Å²) in [6.45, 7) is -0.363. The van der Waals surface area contributed by atoms with E-state index in [0.29, 0.717) is 26.9 Å². The molecule has 0 saturated heterocycles. The predicted octanol–water partition coefficient (Wildman–Crippen LogP) is 0.445. The van der Waals surface area contributed by atoms with Gasteiger partial charge in [0.15, 0.2) is 18.1 Å². The molecule has 3 rings (SSSR count). The van der Waals surface area contributed by atoms with Crippen molar-refractivity contribution in [2.75, 3.05) is 13.7 Å². The molecule has 0 bridgehead atoms. The van der Waals surface area contributed by atoms with Crippen molar-refractivity contribution in [3.05, 3.63) is 68.9 Å². The van der Waals surface area contributed by atoms with Gasteiger partial charge in [-0.2, -0.15) is 5.10 Å². The summed E-state index contributed by atoms with van der Waals surface area (Å²) in [5.41, 5.74) is 4.69. The Bertz CT molecular complexity index is 1150. The number of para-hydroxylation sites is 2. The van der Waals surface area contributed by atoms with Crippen molar-refractivity contribution >= 4 is 23.0 Å². The van der Waals surface area contributed by atoms with Crippen molar-refractivity contribution in [2.45, 2.75) is 0 Å². The molecule has 0 fully saturated rings. The van der Waals surface area contributed by atoms with E-state index in [1.54, 1.807) is 42.5 Å². The molecule has 1 amide bonds. The van der Waals surface area contributed by atoms with E-state index in [1.807, 2.05) is 0 Å². The second-order valence-electron chi connectivity index (χ2n) is 5.47. The molecule has 0 aliphatic rings. The van der Waals surface area contributed by atoms with E-state index in [4.69, 9.17) is 15.2 Å². The molecular formula is C18H16N4O5. The Morgan fingerprint density at radius 1 is 1.22 bits per heavy atom. The van der Waals surface area contributed by atoms with Gasteiger partial charge in [0.25, 0.3) is 11.5 Å². The molecule has 9 nitrogen and oxygen atoms in total. The summed E-state index contributed by atoms with van der Waals surface area (Å²) in [7, 11) is 1.44. The molecule has 0 atom stereocenters. The van der Waals surface area contributed by atoms with Crippen molar-refractivity contribution in [2.24, 2.45) is 10.8 Å². The van der Waals surface area contributed by atoms with Crippen LogP contribution in [-0.2, 0) is 4.79 Å². The Balaban J connectivity index is 2.07. The first-order chi connectivity index (χ1) is 13.0. The van der Waals surface area contributed by atoms with Gasteiger partial charge in [0.05, 0.1) is 24.2 Å². The first-order valence-electron chi connectivity index (χ1n) is 7.88. The number of carbonyl (C=O) groups is 1. The minimum absolute atomic E-state index is 0.216. The zero-order chi connectivity index (χ0) is 19.4. The predicted molar refractivity (Wildman–Crippen MR) is 99.5 cm³/mol. The van der Waals surface area contributed by atoms with Crippen LogP contribution in [0.3, 0.4) is 0 Å². The summed E-state index contributed by atoms with van der Waals surface area (Å²) in [5.74, 6) is -0.0984. The zero-order valence-corrected chi connectivity index (χ0v) is 14.3. The number of hydrogen-bond acceptors (Lipinski definition) is 6. The van der Waals surface area contributed by atoms with Crippen molar-refractivity contribution in [1.29, 1.82) is 0 Å². The SMILES string of the molecule is COc1cccc(C=Nn2c(=O)[nH]c3ccccc3c2=O)c1OCC(N)=O. The maximum absolute atomic E-state index is 12.5. The first kappa shape index (κ1) is 17.9. The summed E-state index contributed by atoms with van der Waals surface area (Å²) < 4.78 is 11.3. The lowest BCUT2D eigenvalue weighted by molar-refractivity contribution is -0.119. The highest BCUT2D eigenvalue weighted by molar-refractivity contribution is 5.85. The molecule has 0 saturated carbocycles. The van der Waals surface area contributed by atoms with Crippen molar-refractivity contribution < 1.29 is 14.3 Å². The molecular weight excluding hydrogens is 352 g/mol. The van der Waals surface area contributed by atoms with Crippen molar-refractivity contribution in [3.63, 3.8) is 0 Å². The van der Waals surface area contributed by atoms with E-state index in [0.717, 1.165) is 0 Å². The monoisotopic (exact) mass is 368 g/mol. The molecule has 0 unspecified atom stereocenters. The maximum atomic E-state index is 12.5. The summed E-state index contributed by atoms with van der Waals surface area (Å²) in [4.78, 5) is 38.3. The Hall–Kier alpha value is -3.88. The average Bonchev–Trinajstić information content (AvgIpc) is 2.66. The Morgan fingerprint density at radius 2 is 2.00 bits per heavy atom. The fourth-order valence-corrected chi connectivity index (χ4v) is 2.47. The molecule has 3 N–H and O–H groups in total. The second kappa shape index (κ2) is 7.56. The van der Waals surface area contributed by atoms with E-state index >= 15 is 0 Å². The third-order valence-corrected chi connectivity index (χ3v) is 3.68. The number of nitrogens with one attached hydrogen (secondary N) is 1. The molecule has 1 aromatic heterocycles. The topological polar surface area (TPSA) is 129 Å². The minimum Gasteiger partial charge on any atom is -0.493 e. The molecule has 0 aliphatic carbocycles. The highest BCUT2D eigenvalue weighted by Gasteiger charge is 2.11. The lowest BCUT2D eigenvalue weighted by Crippen LogP contribution is -2.32. The van der Waals surface area contributed by atoms with Crippen LogP contribution in [0.25, 0.3) is 10.9 Å². The molecule has 1 heterocycles. The highest BCUT2D eigenvalue weighted by Crippen LogP contribution is 2.29. The van der Waals surface area contributed by atoms with E-state index in [-0.39, 0.29) is 12.4 Å². The van der Waals surface area contributed by atoms with Gasteiger partial charge in [-0.1, -0.05) is 18.2 Å². The van der Waals surface area contributed by atoms with Gasteiger partial charge in [0.1, 0.15) is 0 Å². The zero-order valence-electron chi connectivity index (χ0n) is 14.3. The van der Waals surface area contributed by atoms with Gasteiger partial charge in [0.2, 0.25) is 0 Å². The molecule has 0 spiro atoms. The lowest BCUT2D eigenvalue weighted by Gasteiger charge is -2.11. The molecule has 0 radical (unpaired) electrons. The van der Waals surface area contributed by atoms with E-state index in [1.165, 1.54) is 13.3 Å². The van der Waals surface area contributed by atoms with Crippen LogP contribution < -0.4 is 26.5 Å². The van der Waals surface area contributed by atoms with Gasteiger partial charge in [-0.05, 0) is 24.3 Å². The third kappa shape index (κ3) is 3.71. The summed E-state index contributed by atoms with van der Waals surface area (Å²) in [6, 6.07) is 11.5. The largest absolute Gasteiger partial charge is 0.493 e. The smallest absolute Gasteiger partial charge is 0.349 e. The van der Waals surface area contributed by atoms with Gasteiger partial charge in [-0.25, -0.2) is 4.79 Å². The summed E-state index contributed by atoms with van der Waals surface area (Å²) in [6.07, 6.45) is 1.27. The number of methoxy groups -OCH3 is 1. The number of nitrogens with zero attached hydrogens (tertiary/aromatic N) is 2. The molecule has 2 aromatic carbocycles. The fraction of sp³-hybridized carbons (Fsp3) is 0.111. The minimum atomic E-state index is -0.683. The van der Waals surface area contributed by atoms with Gasteiger partial charge in [-0.3, -0.25) is 9.59 Å². The molecule has 27 heavy (non-hydrogen) atoms. The number of amides is 1. The number of primary amides is 1. The van der Waals surface area contributed by atoms with Gasteiger partial charge >= 0.3 is 5.69 Å². The third-order valence-electron chi connectivity index (χ3n) is 3.68. The van der Waals surface area contributed by atoms with Crippen LogP contribution in [0.4, 0.5) is 0 Å². The lowest BCUT2D eigenvalue weighted by atomic mass is 10.2. The standard InChI is InChI=1S/C18H16N4O5/c1-26-14-8-4-5-11(16(14)27-10-15(19)23)9-20-22-17(24)12-6-2-3-7-13(12)21-18(22)25/h2-9H,10H2,1H3,(H2,19,23)(H,21,25). The van der Waals surface area contributed by atoms with Gasteiger partial charge in [0, 0.05) is 5.56 Å². The Morgan fingerprint density at radius 3 is 2.74 bits per heavy atom. The number of ether oxygens (including phenoxy) is 2. The van der Waals surface area contributed by atoms with Crippen LogP contribution in [0.15, 0.2) is 57.2 Å². The molecule has 3 aromatic rings. The summed E-state index contributed by atoms with van der Waals surface area (Å²) in [5, 5.41) is 4.30. The number of hydrogen-bond donors (Lipinski definition) is 2. The van der Waals surface area contributed by atoms with Crippen LogP contribution in [0.1, 0.15) is 5.56 Å². The number of aromatic nitrogens is 2. The quantitative estimate of drug-likeness (QED) is 0.610. The number of H-pyrrole nitrogens is 1. The number of fused-ring (bicyclic) bond motifs is 1. The number of carbonyl (C=O) groups excluding carboxylic acids is 1. The van der Waals surface area contributed by atoms with Crippen LogP contribution >= 0.6 is 0 Å². The van der Waals surface area contributed by atoms with E-state index < -0.39 is 17.2 Å². The Kier molecular flexibility index (Phi) is 5.02. The number of nitrogens with two attached hydrogens (primary N) is 1. The molecule has 9 heteroatoms. The summed E-state index contributed by atoms with van der Waals surface area (Å²) >= 11 is 0. The molecule has 138 valence electrons. The number of rotatable bonds is 6. The van der Waals surface area contributed by atoms with Crippen molar-refractivity contribution in [1.82, 2.24) is 9.66 Å². The highest BCUT2D eigenvalue weighted by atomic mass is 16.5. The van der Waals surface area contributed by atoms with Crippen LogP contribution in [0.5, 0.6) is 11.5 Å². The van der Waals surface area contributed by atoms with Gasteiger partial charge < -0.3 is 20.2 Å². The van der Waals surface area contributed by atoms with E-state index in [2.05, 4.69) is 10.1 Å². The van der Waals surface area contributed by atoms with Gasteiger partial charge in [-0.15, -0.1) is 4.68 Å². The molecule has 0 aliphatic heterocycles. The number of aromatic amines is 1.